The molecule has 0 saturated heterocycles. The summed E-state index contributed by atoms with van der Waals surface area (Å²) in [4.78, 5) is 44.7. The fourth-order valence-corrected chi connectivity index (χ4v) is 2.34. The number of hydrogen-bond donors (Lipinski definition) is 2. The van der Waals surface area contributed by atoms with Gasteiger partial charge < -0.3 is 29.4 Å². The van der Waals surface area contributed by atoms with E-state index in [9.17, 15) is 19.2 Å². The fourth-order valence-electron chi connectivity index (χ4n) is 2.34. The number of carboxylic acid groups (broad SMARTS) is 1. The molecule has 10 nitrogen and oxygen atoms in total. The van der Waals surface area contributed by atoms with Gasteiger partial charge in [0, 0.05) is 19.8 Å². The molecule has 0 fully saturated rings. The highest BCUT2D eigenvalue weighted by atomic mass is 16.7. The van der Waals surface area contributed by atoms with Gasteiger partial charge in [0.2, 0.25) is 0 Å². The number of nitrogens with one attached hydrogen (secondary N) is 1. The number of carboxylic acids is 1. The van der Waals surface area contributed by atoms with Crippen molar-refractivity contribution in [3.63, 3.8) is 0 Å². The number of hydrogen-bond acceptors (Lipinski definition) is 8. The number of carbonyl (C=O) groups excluding carboxylic acids is 3. The van der Waals surface area contributed by atoms with Gasteiger partial charge in [-0.25, -0.2) is 14.4 Å². The maximum atomic E-state index is 11.9. The third kappa shape index (κ3) is 8.17. The SMILES string of the molecule is COC(=O)c1cccc(C(=O)NCC(OC)OC)c1.COC(=O)c1cccc(C(=O)O)c1. The topological polar surface area (TPSA) is 137 Å². The first-order valence-electron chi connectivity index (χ1n) is 9.21. The minimum atomic E-state index is -1.06. The van der Waals surface area contributed by atoms with Crippen molar-refractivity contribution in [2.24, 2.45) is 0 Å². The van der Waals surface area contributed by atoms with E-state index in [0.717, 1.165) is 0 Å². The molecule has 2 N–H and O–H groups in total. The Bertz CT molecular complexity index is 939. The monoisotopic (exact) mass is 447 g/mol. The van der Waals surface area contributed by atoms with Crippen LogP contribution in [0.5, 0.6) is 0 Å². The Labute approximate surface area is 185 Å². The van der Waals surface area contributed by atoms with E-state index in [2.05, 4.69) is 14.8 Å². The first-order chi connectivity index (χ1) is 15.3. The minimum absolute atomic E-state index is 0.0721. The molecular formula is C22H25NO9. The molecule has 32 heavy (non-hydrogen) atoms. The molecule has 0 saturated carbocycles. The van der Waals surface area contributed by atoms with E-state index in [1.54, 1.807) is 18.2 Å². The van der Waals surface area contributed by atoms with Crippen LogP contribution >= 0.6 is 0 Å². The predicted octanol–water partition coefficient (Wildman–Crippen LogP) is 1.99. The van der Waals surface area contributed by atoms with Crippen LogP contribution in [0.15, 0.2) is 48.5 Å². The Morgan fingerprint density at radius 1 is 0.781 bits per heavy atom. The van der Waals surface area contributed by atoms with Gasteiger partial charge in [-0.15, -0.1) is 0 Å². The average molecular weight is 447 g/mol. The second-order valence-electron chi connectivity index (χ2n) is 6.06. The van der Waals surface area contributed by atoms with Gasteiger partial charge in [-0.3, -0.25) is 4.79 Å². The molecule has 172 valence electrons. The summed E-state index contributed by atoms with van der Waals surface area (Å²) in [5, 5.41) is 11.3. The third-order valence-corrected chi connectivity index (χ3v) is 4.03. The number of benzene rings is 2. The fraction of sp³-hybridized carbons (Fsp3) is 0.273. The second-order valence-corrected chi connectivity index (χ2v) is 6.06. The Kier molecular flexibility index (Phi) is 11.1. The Morgan fingerprint density at radius 2 is 1.22 bits per heavy atom. The molecule has 2 rings (SSSR count). The second kappa shape index (κ2) is 13.5. The number of carbonyl (C=O) groups is 4. The van der Waals surface area contributed by atoms with Crippen molar-refractivity contribution in [1.29, 1.82) is 0 Å². The quantitative estimate of drug-likeness (QED) is 0.460. The molecule has 0 spiro atoms. The molecule has 0 radical (unpaired) electrons. The summed E-state index contributed by atoms with van der Waals surface area (Å²) >= 11 is 0. The number of esters is 2. The summed E-state index contributed by atoms with van der Waals surface area (Å²) in [5.74, 6) is -2.40. The lowest BCUT2D eigenvalue weighted by molar-refractivity contribution is -0.0974. The zero-order valence-corrected chi connectivity index (χ0v) is 18.1. The first kappa shape index (κ1) is 26.3. The highest BCUT2D eigenvalue weighted by Gasteiger charge is 2.12. The van der Waals surface area contributed by atoms with E-state index in [1.807, 2.05) is 0 Å². The maximum Gasteiger partial charge on any atom is 0.337 e. The van der Waals surface area contributed by atoms with Crippen molar-refractivity contribution < 1.29 is 43.2 Å². The van der Waals surface area contributed by atoms with Gasteiger partial charge in [0.25, 0.3) is 5.91 Å². The average Bonchev–Trinajstić information content (AvgIpc) is 2.83. The largest absolute Gasteiger partial charge is 0.478 e. The van der Waals surface area contributed by atoms with Crippen LogP contribution in [0.3, 0.4) is 0 Å². The number of ether oxygens (including phenoxy) is 4. The highest BCUT2D eigenvalue weighted by molar-refractivity contribution is 5.98. The number of aromatic carboxylic acids is 1. The zero-order chi connectivity index (χ0) is 24.1. The number of amides is 1. The lowest BCUT2D eigenvalue weighted by atomic mass is 10.1. The molecule has 0 atom stereocenters. The van der Waals surface area contributed by atoms with E-state index in [1.165, 1.54) is 58.8 Å². The van der Waals surface area contributed by atoms with Crippen LogP contribution in [-0.4, -0.2) is 70.2 Å². The molecule has 10 heteroatoms. The highest BCUT2D eigenvalue weighted by Crippen LogP contribution is 2.07. The standard InChI is InChI=1S/C13H17NO5.C9H8O4/c1-17-11(18-2)8-14-12(15)9-5-4-6-10(7-9)13(16)19-3;1-13-9(12)7-4-2-3-6(5-7)8(10)11/h4-7,11H,8H2,1-3H3,(H,14,15);2-5H,1H3,(H,10,11). The van der Waals surface area contributed by atoms with Gasteiger partial charge in [0.05, 0.1) is 37.5 Å². The molecule has 0 heterocycles. The minimum Gasteiger partial charge on any atom is -0.478 e. The van der Waals surface area contributed by atoms with Crippen LogP contribution in [0.25, 0.3) is 0 Å². The van der Waals surface area contributed by atoms with Crippen LogP contribution < -0.4 is 5.32 Å². The summed E-state index contributed by atoms with van der Waals surface area (Å²) in [6.07, 6.45) is -0.507. The molecule has 0 aromatic heterocycles. The normalized spacial score (nSPS) is 9.91. The van der Waals surface area contributed by atoms with E-state index in [-0.39, 0.29) is 23.6 Å². The van der Waals surface area contributed by atoms with Gasteiger partial charge in [0.15, 0.2) is 6.29 Å². The predicted molar refractivity (Wildman–Crippen MR) is 113 cm³/mol. The molecule has 0 unspecified atom stereocenters. The van der Waals surface area contributed by atoms with Crippen molar-refractivity contribution in [3.05, 3.63) is 70.8 Å². The van der Waals surface area contributed by atoms with Gasteiger partial charge in [-0.05, 0) is 36.4 Å². The summed E-state index contributed by atoms with van der Waals surface area (Å²) in [5.41, 5.74) is 1.00. The summed E-state index contributed by atoms with van der Waals surface area (Å²) in [7, 11) is 5.50. The zero-order valence-electron chi connectivity index (χ0n) is 18.1. The smallest absolute Gasteiger partial charge is 0.337 e. The van der Waals surface area contributed by atoms with Gasteiger partial charge >= 0.3 is 17.9 Å². The Hall–Kier alpha value is -3.76. The molecule has 0 bridgehead atoms. The van der Waals surface area contributed by atoms with Crippen LogP contribution in [0, 0.1) is 0 Å². The van der Waals surface area contributed by atoms with Crippen molar-refractivity contribution in [3.8, 4) is 0 Å². The van der Waals surface area contributed by atoms with E-state index in [0.29, 0.717) is 11.1 Å². The van der Waals surface area contributed by atoms with E-state index >= 15 is 0 Å². The lowest BCUT2D eigenvalue weighted by Crippen LogP contribution is -2.34. The van der Waals surface area contributed by atoms with Gasteiger partial charge in [-0.2, -0.15) is 0 Å². The van der Waals surface area contributed by atoms with Gasteiger partial charge in [-0.1, -0.05) is 12.1 Å². The van der Waals surface area contributed by atoms with E-state index < -0.39 is 24.2 Å². The maximum absolute atomic E-state index is 11.9. The summed E-state index contributed by atoms with van der Waals surface area (Å²) in [6, 6.07) is 11.9. The number of methoxy groups -OCH3 is 4. The van der Waals surface area contributed by atoms with Crippen molar-refractivity contribution in [2.75, 3.05) is 35.0 Å². The number of rotatable bonds is 8. The Morgan fingerprint density at radius 3 is 1.66 bits per heavy atom. The molecule has 2 aromatic rings. The van der Waals surface area contributed by atoms with Crippen LogP contribution in [-0.2, 0) is 18.9 Å². The third-order valence-electron chi connectivity index (χ3n) is 4.03. The van der Waals surface area contributed by atoms with Crippen LogP contribution in [0.4, 0.5) is 0 Å². The van der Waals surface area contributed by atoms with Crippen molar-refractivity contribution in [2.45, 2.75) is 6.29 Å². The molecule has 0 aliphatic carbocycles. The lowest BCUT2D eigenvalue weighted by Gasteiger charge is -2.14. The van der Waals surface area contributed by atoms with E-state index in [4.69, 9.17) is 14.6 Å². The molecule has 0 aliphatic rings. The van der Waals surface area contributed by atoms with Crippen molar-refractivity contribution in [1.82, 2.24) is 5.32 Å². The molecule has 0 aliphatic heterocycles. The van der Waals surface area contributed by atoms with Crippen LogP contribution in [0.1, 0.15) is 41.4 Å². The molecule has 2 aromatic carbocycles. The first-order valence-corrected chi connectivity index (χ1v) is 9.21. The summed E-state index contributed by atoms with van der Waals surface area (Å²) in [6.45, 7) is 0.217. The Balaban J connectivity index is 0.000000343. The summed E-state index contributed by atoms with van der Waals surface area (Å²) < 4.78 is 18.9. The van der Waals surface area contributed by atoms with Crippen LogP contribution in [0.2, 0.25) is 0 Å². The van der Waals surface area contributed by atoms with Crippen molar-refractivity contribution >= 4 is 23.8 Å². The molecular weight excluding hydrogens is 422 g/mol. The molecule has 1 amide bonds. The van der Waals surface area contributed by atoms with Gasteiger partial charge in [0.1, 0.15) is 0 Å².